The summed E-state index contributed by atoms with van der Waals surface area (Å²) in [6.45, 7) is 4.22. The van der Waals surface area contributed by atoms with Crippen molar-refractivity contribution in [3.8, 4) is 0 Å². The summed E-state index contributed by atoms with van der Waals surface area (Å²) in [6, 6.07) is 15.1. The number of carbonyl (C=O) groups is 1. The van der Waals surface area contributed by atoms with E-state index in [9.17, 15) is 13.2 Å². The minimum atomic E-state index is -3.71. The quantitative estimate of drug-likeness (QED) is 0.809. The van der Waals surface area contributed by atoms with E-state index in [0.29, 0.717) is 6.54 Å². The van der Waals surface area contributed by atoms with E-state index in [4.69, 9.17) is 0 Å². The van der Waals surface area contributed by atoms with Crippen molar-refractivity contribution in [2.75, 3.05) is 6.54 Å². The van der Waals surface area contributed by atoms with Crippen LogP contribution >= 0.6 is 0 Å². The summed E-state index contributed by atoms with van der Waals surface area (Å²) in [6.07, 6.45) is 0.0446. The van der Waals surface area contributed by atoms with Crippen LogP contribution in [0, 0.1) is 6.92 Å². The molecule has 1 amide bonds. The second-order valence-electron chi connectivity index (χ2n) is 5.56. The molecule has 1 atom stereocenters. The number of carbonyl (C=O) groups excluding carboxylic acids is 1. The van der Waals surface area contributed by atoms with Crippen LogP contribution in [0.25, 0.3) is 0 Å². The maximum absolute atomic E-state index is 12.6. The Kier molecular flexibility index (Phi) is 6.11. The molecule has 5 nitrogen and oxygen atoms in total. The summed E-state index contributed by atoms with van der Waals surface area (Å²) in [4.78, 5) is 12.1. The van der Waals surface area contributed by atoms with E-state index < -0.39 is 16.1 Å². The average molecular weight is 346 g/mol. The summed E-state index contributed by atoms with van der Waals surface area (Å²) in [5.41, 5.74) is 1.73. The van der Waals surface area contributed by atoms with Crippen molar-refractivity contribution in [1.29, 1.82) is 0 Å². The van der Waals surface area contributed by atoms with E-state index in [1.807, 2.05) is 44.2 Å². The van der Waals surface area contributed by atoms with Gasteiger partial charge in [-0.1, -0.05) is 48.0 Å². The van der Waals surface area contributed by atoms with Crippen molar-refractivity contribution >= 4 is 15.9 Å². The molecule has 128 valence electrons. The summed E-state index contributed by atoms with van der Waals surface area (Å²) in [5.74, 6) is -0.196. The van der Waals surface area contributed by atoms with Crippen molar-refractivity contribution in [3.05, 3.63) is 65.7 Å². The van der Waals surface area contributed by atoms with Crippen LogP contribution in [0.1, 0.15) is 30.5 Å². The summed E-state index contributed by atoms with van der Waals surface area (Å²) in [5, 5.41) is 2.70. The smallest absolute Gasteiger partial charge is 0.241 e. The van der Waals surface area contributed by atoms with Gasteiger partial charge in [-0.3, -0.25) is 4.79 Å². The number of amides is 1. The van der Waals surface area contributed by atoms with Gasteiger partial charge in [-0.05, 0) is 31.5 Å². The molecule has 0 spiro atoms. The lowest BCUT2D eigenvalue weighted by Gasteiger charge is -2.19. The first-order valence-corrected chi connectivity index (χ1v) is 9.31. The fraction of sp³-hybridized carbons (Fsp3) is 0.278. The lowest BCUT2D eigenvalue weighted by molar-refractivity contribution is -0.121. The highest BCUT2D eigenvalue weighted by molar-refractivity contribution is 7.89. The van der Waals surface area contributed by atoms with Crippen LogP contribution < -0.4 is 10.0 Å². The van der Waals surface area contributed by atoms with Crippen LogP contribution in [0.2, 0.25) is 0 Å². The fourth-order valence-corrected chi connectivity index (χ4v) is 3.56. The molecule has 2 N–H and O–H groups in total. The maximum atomic E-state index is 12.6. The summed E-state index contributed by atoms with van der Waals surface area (Å²) in [7, 11) is -3.71. The first-order valence-electron chi connectivity index (χ1n) is 7.83. The molecule has 0 bridgehead atoms. The van der Waals surface area contributed by atoms with E-state index in [-0.39, 0.29) is 17.2 Å². The van der Waals surface area contributed by atoms with Gasteiger partial charge in [0, 0.05) is 13.0 Å². The molecule has 2 aromatic carbocycles. The molecule has 0 aliphatic carbocycles. The van der Waals surface area contributed by atoms with Gasteiger partial charge < -0.3 is 5.32 Å². The number of nitrogens with one attached hydrogen (secondary N) is 2. The Hall–Kier alpha value is -2.18. The van der Waals surface area contributed by atoms with E-state index >= 15 is 0 Å². The molecule has 0 heterocycles. The number of sulfonamides is 1. The molecule has 0 unspecified atom stereocenters. The van der Waals surface area contributed by atoms with Crippen LogP contribution in [0.4, 0.5) is 0 Å². The van der Waals surface area contributed by atoms with Crippen LogP contribution in [-0.4, -0.2) is 20.9 Å². The molecule has 2 rings (SSSR count). The van der Waals surface area contributed by atoms with Gasteiger partial charge in [0.1, 0.15) is 0 Å². The average Bonchev–Trinajstić information content (AvgIpc) is 2.55. The first kappa shape index (κ1) is 18.2. The van der Waals surface area contributed by atoms with Gasteiger partial charge in [-0.25, -0.2) is 13.1 Å². The normalized spacial score (nSPS) is 12.6. The summed E-state index contributed by atoms with van der Waals surface area (Å²) >= 11 is 0. The Morgan fingerprint density at radius 1 is 1.04 bits per heavy atom. The van der Waals surface area contributed by atoms with Gasteiger partial charge in [-0.2, -0.15) is 0 Å². The number of hydrogen-bond donors (Lipinski definition) is 2. The molecule has 2 aromatic rings. The Morgan fingerprint density at radius 3 is 2.25 bits per heavy atom. The third kappa shape index (κ3) is 4.91. The monoisotopic (exact) mass is 346 g/mol. The minimum absolute atomic E-state index is 0.0446. The number of aryl methyl sites for hydroxylation is 1. The number of hydrogen-bond acceptors (Lipinski definition) is 3. The summed E-state index contributed by atoms with van der Waals surface area (Å²) < 4.78 is 27.9. The zero-order valence-corrected chi connectivity index (χ0v) is 14.6. The molecule has 0 saturated carbocycles. The second-order valence-corrected chi connectivity index (χ2v) is 7.27. The highest BCUT2D eigenvalue weighted by Crippen LogP contribution is 2.20. The van der Waals surface area contributed by atoms with Crippen LogP contribution in [-0.2, 0) is 14.8 Å². The van der Waals surface area contributed by atoms with Gasteiger partial charge in [0.05, 0.1) is 10.9 Å². The third-order valence-electron chi connectivity index (χ3n) is 3.59. The highest BCUT2D eigenvalue weighted by Gasteiger charge is 2.23. The van der Waals surface area contributed by atoms with Crippen molar-refractivity contribution in [2.45, 2.75) is 31.2 Å². The Labute approximate surface area is 143 Å². The van der Waals surface area contributed by atoms with Gasteiger partial charge in [0.25, 0.3) is 0 Å². The van der Waals surface area contributed by atoms with E-state index in [1.54, 1.807) is 24.3 Å². The molecule has 0 aliphatic heterocycles. The zero-order chi connectivity index (χ0) is 17.6. The number of rotatable bonds is 7. The SMILES string of the molecule is CCNC(=O)C[C@@H](NS(=O)(=O)c1ccc(C)cc1)c1ccccc1. The topological polar surface area (TPSA) is 75.3 Å². The van der Waals surface area contributed by atoms with Crippen molar-refractivity contribution < 1.29 is 13.2 Å². The predicted octanol–water partition coefficient (Wildman–Crippen LogP) is 2.54. The molecule has 0 aromatic heterocycles. The van der Waals surface area contributed by atoms with Crippen molar-refractivity contribution in [2.24, 2.45) is 0 Å². The zero-order valence-electron chi connectivity index (χ0n) is 13.8. The van der Waals surface area contributed by atoms with Gasteiger partial charge in [-0.15, -0.1) is 0 Å². The fourth-order valence-electron chi connectivity index (χ4n) is 2.34. The van der Waals surface area contributed by atoms with Crippen molar-refractivity contribution in [3.63, 3.8) is 0 Å². The molecule has 0 radical (unpaired) electrons. The largest absolute Gasteiger partial charge is 0.356 e. The molecular formula is C18H22N2O3S. The molecular weight excluding hydrogens is 324 g/mol. The standard InChI is InChI=1S/C18H22N2O3S/c1-3-19-18(21)13-17(15-7-5-4-6-8-15)20-24(22,23)16-11-9-14(2)10-12-16/h4-12,17,20H,3,13H2,1-2H3,(H,19,21)/t17-/m1/s1. The Bertz CT molecular complexity index is 772. The third-order valence-corrected chi connectivity index (χ3v) is 5.08. The van der Waals surface area contributed by atoms with Gasteiger partial charge >= 0.3 is 0 Å². The second kappa shape index (κ2) is 8.08. The maximum Gasteiger partial charge on any atom is 0.241 e. The van der Waals surface area contributed by atoms with Crippen LogP contribution in [0.3, 0.4) is 0 Å². The Morgan fingerprint density at radius 2 is 1.67 bits per heavy atom. The van der Waals surface area contributed by atoms with E-state index in [2.05, 4.69) is 10.0 Å². The molecule has 0 fully saturated rings. The van der Waals surface area contributed by atoms with Gasteiger partial charge in [0.15, 0.2) is 0 Å². The molecule has 0 aliphatic rings. The van der Waals surface area contributed by atoms with Gasteiger partial charge in [0.2, 0.25) is 15.9 Å². The van der Waals surface area contributed by atoms with E-state index in [1.165, 1.54) is 0 Å². The van der Waals surface area contributed by atoms with Crippen LogP contribution in [0.15, 0.2) is 59.5 Å². The Balaban J connectivity index is 2.27. The lowest BCUT2D eigenvalue weighted by Crippen LogP contribution is -2.33. The highest BCUT2D eigenvalue weighted by atomic mass is 32.2. The minimum Gasteiger partial charge on any atom is -0.356 e. The lowest BCUT2D eigenvalue weighted by atomic mass is 10.0. The van der Waals surface area contributed by atoms with Crippen molar-refractivity contribution in [1.82, 2.24) is 10.0 Å². The van der Waals surface area contributed by atoms with Crippen LogP contribution in [0.5, 0.6) is 0 Å². The molecule has 6 heteroatoms. The van der Waals surface area contributed by atoms with E-state index in [0.717, 1.165) is 11.1 Å². The molecule has 24 heavy (non-hydrogen) atoms. The molecule has 0 saturated heterocycles. The number of benzene rings is 2. The first-order chi connectivity index (χ1) is 11.4. The predicted molar refractivity (Wildman–Crippen MR) is 94.0 cm³/mol.